The summed E-state index contributed by atoms with van der Waals surface area (Å²) in [6.45, 7) is 1.10. The minimum atomic E-state index is -0.974. The molecule has 1 aromatic heterocycles. The van der Waals surface area contributed by atoms with Crippen molar-refractivity contribution < 1.29 is 19.2 Å². The SMILES string of the molecule is NC(=O)[C@H](C[C@@H]1CCCNC1=O)NC(=O)[C@@H]1C2CCCC[C@H]2CN1C(=O)c1cc2cccc(Cl)c2[nH]1. The molecule has 3 aliphatic rings. The van der Waals surface area contributed by atoms with Gasteiger partial charge in [0.25, 0.3) is 5.91 Å². The average Bonchev–Trinajstić information content (AvgIpc) is 3.47. The van der Waals surface area contributed by atoms with Gasteiger partial charge in [0.2, 0.25) is 17.7 Å². The Kier molecular flexibility index (Phi) is 6.92. The van der Waals surface area contributed by atoms with Gasteiger partial charge in [-0.1, -0.05) is 36.6 Å². The Morgan fingerprint density at radius 3 is 2.72 bits per heavy atom. The standard InChI is InChI=1S/C26H32ClN5O4/c27-18-9-3-6-14-11-20(30-21(14)18)26(36)32-13-16-5-1-2-8-17(16)22(32)25(35)31-19(23(28)33)12-15-7-4-10-29-24(15)34/h3,6,9,11,15-17,19,22,30H,1-2,4-5,7-8,10,12-13H2,(H2,28,33)(H,29,34)(H,31,35)/t15-,16-,17?,19-,22-/m0/s1. The fraction of sp³-hybridized carbons (Fsp3) is 0.538. The summed E-state index contributed by atoms with van der Waals surface area (Å²) >= 11 is 6.30. The molecule has 2 saturated heterocycles. The lowest BCUT2D eigenvalue weighted by molar-refractivity contribution is -0.133. The van der Waals surface area contributed by atoms with E-state index in [2.05, 4.69) is 15.6 Å². The van der Waals surface area contributed by atoms with Crippen LogP contribution in [0.25, 0.3) is 10.9 Å². The van der Waals surface area contributed by atoms with Crippen molar-refractivity contribution in [3.63, 3.8) is 0 Å². The molecule has 0 radical (unpaired) electrons. The summed E-state index contributed by atoms with van der Waals surface area (Å²) in [5.74, 6) is -1.58. The van der Waals surface area contributed by atoms with Crippen molar-refractivity contribution in [2.45, 2.75) is 57.0 Å². The Balaban J connectivity index is 1.39. The number of halogens is 1. The van der Waals surface area contributed by atoms with Gasteiger partial charge in [0.15, 0.2) is 0 Å². The molecular weight excluding hydrogens is 482 g/mol. The number of amides is 4. The fourth-order valence-electron chi connectivity index (χ4n) is 6.26. The second-order valence-corrected chi connectivity index (χ2v) is 10.7. The molecule has 10 heteroatoms. The first-order valence-electron chi connectivity index (χ1n) is 12.8. The minimum absolute atomic E-state index is 0.0159. The lowest BCUT2D eigenvalue weighted by Gasteiger charge is -2.31. The second-order valence-electron chi connectivity index (χ2n) is 10.3. The highest BCUT2D eigenvalue weighted by Gasteiger charge is 2.49. The third kappa shape index (κ3) is 4.68. The third-order valence-corrected chi connectivity index (χ3v) is 8.40. The van der Waals surface area contributed by atoms with Gasteiger partial charge in [-0.2, -0.15) is 0 Å². The van der Waals surface area contributed by atoms with Gasteiger partial charge < -0.3 is 26.3 Å². The number of aromatic nitrogens is 1. The van der Waals surface area contributed by atoms with Crippen LogP contribution in [-0.4, -0.2) is 58.7 Å². The molecule has 192 valence electrons. The molecule has 9 nitrogen and oxygen atoms in total. The first kappa shape index (κ1) is 24.6. The number of hydrogen-bond acceptors (Lipinski definition) is 4. The highest BCUT2D eigenvalue weighted by Crippen LogP contribution is 2.41. The van der Waals surface area contributed by atoms with Crippen LogP contribution >= 0.6 is 11.6 Å². The Morgan fingerprint density at radius 1 is 1.17 bits per heavy atom. The predicted molar refractivity (Wildman–Crippen MR) is 135 cm³/mol. The summed E-state index contributed by atoms with van der Waals surface area (Å²) in [5.41, 5.74) is 6.69. The number of carbonyl (C=O) groups excluding carboxylic acids is 4. The number of primary amides is 1. The van der Waals surface area contributed by atoms with Crippen LogP contribution in [0, 0.1) is 17.8 Å². The Bertz CT molecular complexity index is 1200. The van der Waals surface area contributed by atoms with Gasteiger partial charge in [0.05, 0.1) is 10.5 Å². The molecule has 1 saturated carbocycles. The number of carbonyl (C=O) groups is 4. The number of rotatable bonds is 6. The predicted octanol–water partition coefficient (Wildman–Crippen LogP) is 2.34. The number of benzene rings is 1. The van der Waals surface area contributed by atoms with E-state index in [0.29, 0.717) is 35.7 Å². The van der Waals surface area contributed by atoms with Gasteiger partial charge >= 0.3 is 0 Å². The van der Waals surface area contributed by atoms with E-state index in [4.69, 9.17) is 17.3 Å². The largest absolute Gasteiger partial charge is 0.368 e. The molecule has 1 aromatic carbocycles. The number of nitrogens with two attached hydrogens (primary N) is 1. The number of fused-ring (bicyclic) bond motifs is 2. The number of hydrogen-bond donors (Lipinski definition) is 4. The number of aromatic amines is 1. The van der Waals surface area contributed by atoms with E-state index in [1.54, 1.807) is 17.0 Å². The van der Waals surface area contributed by atoms with Gasteiger partial charge in [-0.05, 0) is 56.1 Å². The van der Waals surface area contributed by atoms with E-state index >= 15 is 0 Å². The van der Waals surface area contributed by atoms with E-state index in [0.717, 1.165) is 37.5 Å². The zero-order valence-corrected chi connectivity index (χ0v) is 20.9. The molecule has 0 bridgehead atoms. The molecule has 1 aliphatic carbocycles. The number of likely N-dealkylation sites (tertiary alicyclic amines) is 1. The molecule has 0 spiro atoms. The van der Waals surface area contributed by atoms with Crippen LogP contribution in [0.15, 0.2) is 24.3 Å². The lowest BCUT2D eigenvalue weighted by Crippen LogP contribution is -2.55. The smallest absolute Gasteiger partial charge is 0.271 e. The molecule has 2 aliphatic heterocycles. The van der Waals surface area contributed by atoms with Crippen LogP contribution in [0.4, 0.5) is 0 Å². The van der Waals surface area contributed by atoms with Crippen molar-refractivity contribution in [3.05, 3.63) is 35.0 Å². The van der Waals surface area contributed by atoms with Crippen LogP contribution in [0.1, 0.15) is 55.4 Å². The molecule has 1 unspecified atom stereocenters. The van der Waals surface area contributed by atoms with Crippen LogP contribution in [0.3, 0.4) is 0 Å². The van der Waals surface area contributed by atoms with E-state index < -0.39 is 18.0 Å². The van der Waals surface area contributed by atoms with Crippen molar-refractivity contribution in [2.24, 2.45) is 23.5 Å². The summed E-state index contributed by atoms with van der Waals surface area (Å²) in [5, 5.41) is 6.96. The summed E-state index contributed by atoms with van der Waals surface area (Å²) in [7, 11) is 0. The monoisotopic (exact) mass is 513 g/mol. The molecular formula is C26H32ClN5O4. The molecule has 3 heterocycles. The van der Waals surface area contributed by atoms with Gasteiger partial charge in [0.1, 0.15) is 17.8 Å². The number of H-pyrrole nitrogens is 1. The average molecular weight is 514 g/mol. The Hall–Kier alpha value is -3.07. The van der Waals surface area contributed by atoms with E-state index in [-0.39, 0.29) is 41.9 Å². The van der Waals surface area contributed by atoms with Crippen molar-refractivity contribution >= 4 is 46.1 Å². The summed E-state index contributed by atoms with van der Waals surface area (Å²) in [4.78, 5) is 56.6. The maximum Gasteiger partial charge on any atom is 0.271 e. The Labute approximate surface area is 214 Å². The van der Waals surface area contributed by atoms with Gasteiger partial charge in [0, 0.05) is 24.4 Å². The first-order valence-corrected chi connectivity index (χ1v) is 13.2. The maximum absolute atomic E-state index is 13.7. The molecule has 3 fully saturated rings. The first-order chi connectivity index (χ1) is 17.3. The van der Waals surface area contributed by atoms with Crippen molar-refractivity contribution in [1.29, 1.82) is 0 Å². The van der Waals surface area contributed by atoms with Crippen molar-refractivity contribution in [3.8, 4) is 0 Å². The van der Waals surface area contributed by atoms with Crippen LogP contribution in [0.2, 0.25) is 5.02 Å². The van der Waals surface area contributed by atoms with E-state index in [1.165, 1.54) is 0 Å². The fourth-order valence-corrected chi connectivity index (χ4v) is 6.49. The second kappa shape index (κ2) is 10.1. The van der Waals surface area contributed by atoms with Gasteiger partial charge in [-0.15, -0.1) is 0 Å². The molecule has 5 rings (SSSR count). The van der Waals surface area contributed by atoms with E-state index in [9.17, 15) is 19.2 Å². The normalized spacial score (nSPS) is 26.8. The minimum Gasteiger partial charge on any atom is -0.368 e. The summed E-state index contributed by atoms with van der Waals surface area (Å²) in [6.07, 6.45) is 5.49. The molecule has 5 atom stereocenters. The van der Waals surface area contributed by atoms with Crippen LogP contribution in [0.5, 0.6) is 0 Å². The number of piperidine rings is 1. The zero-order valence-electron chi connectivity index (χ0n) is 20.1. The third-order valence-electron chi connectivity index (χ3n) is 8.09. The maximum atomic E-state index is 13.7. The number of para-hydroxylation sites is 1. The number of nitrogens with one attached hydrogen (secondary N) is 3. The molecule has 4 amide bonds. The van der Waals surface area contributed by atoms with Crippen LogP contribution < -0.4 is 16.4 Å². The summed E-state index contributed by atoms with van der Waals surface area (Å²) in [6, 6.07) is 5.54. The highest BCUT2D eigenvalue weighted by atomic mass is 35.5. The van der Waals surface area contributed by atoms with Crippen molar-refractivity contribution in [2.75, 3.05) is 13.1 Å². The molecule has 36 heavy (non-hydrogen) atoms. The topological polar surface area (TPSA) is 137 Å². The van der Waals surface area contributed by atoms with Gasteiger partial charge in [-0.25, -0.2) is 0 Å². The Morgan fingerprint density at radius 2 is 1.97 bits per heavy atom. The van der Waals surface area contributed by atoms with Crippen LogP contribution in [-0.2, 0) is 14.4 Å². The van der Waals surface area contributed by atoms with Gasteiger partial charge in [-0.3, -0.25) is 19.2 Å². The van der Waals surface area contributed by atoms with Crippen molar-refractivity contribution in [1.82, 2.24) is 20.5 Å². The quantitative estimate of drug-likeness (QED) is 0.471. The highest BCUT2D eigenvalue weighted by molar-refractivity contribution is 6.35. The zero-order chi connectivity index (χ0) is 25.4. The molecule has 5 N–H and O–H groups in total. The number of nitrogens with zero attached hydrogens (tertiary/aromatic N) is 1. The summed E-state index contributed by atoms with van der Waals surface area (Å²) < 4.78 is 0. The lowest BCUT2D eigenvalue weighted by atomic mass is 9.78. The molecule has 2 aromatic rings. The van der Waals surface area contributed by atoms with E-state index in [1.807, 2.05) is 12.1 Å².